The molecule has 0 aromatic heterocycles. The Bertz CT molecular complexity index is 958. The minimum absolute atomic E-state index is 0.00667. The number of hydrogen-bond acceptors (Lipinski definition) is 5. The lowest BCUT2D eigenvalue weighted by molar-refractivity contribution is -0.386. The van der Waals surface area contributed by atoms with Gasteiger partial charge in [-0.2, -0.15) is 4.31 Å². The van der Waals surface area contributed by atoms with Crippen LogP contribution in [0.1, 0.15) is 31.4 Å². The molecule has 2 aromatic carbocycles. The highest BCUT2D eigenvalue weighted by Crippen LogP contribution is 2.35. The normalized spacial score (nSPS) is 16.2. The van der Waals surface area contributed by atoms with E-state index in [0.29, 0.717) is 23.7 Å². The van der Waals surface area contributed by atoms with Crippen LogP contribution in [0.4, 0.5) is 5.69 Å². The maximum Gasteiger partial charge on any atom is 0.312 e. The third-order valence-electron chi connectivity index (χ3n) is 4.48. The fraction of sp³-hybridized carbons (Fsp3) is 0.333. The van der Waals surface area contributed by atoms with Crippen molar-refractivity contribution in [3.63, 3.8) is 0 Å². The molecule has 0 saturated carbocycles. The highest BCUT2D eigenvalue weighted by Gasteiger charge is 2.30. The fourth-order valence-corrected chi connectivity index (χ4v) is 4.86. The first kappa shape index (κ1) is 19.6. The van der Waals surface area contributed by atoms with Crippen LogP contribution in [0.5, 0.6) is 5.75 Å². The summed E-state index contributed by atoms with van der Waals surface area (Å²) >= 11 is 6.15. The minimum atomic E-state index is -3.75. The molecule has 0 bridgehead atoms. The van der Waals surface area contributed by atoms with Gasteiger partial charge in [-0.1, -0.05) is 29.8 Å². The Labute approximate surface area is 162 Å². The molecule has 1 saturated heterocycles. The molecular formula is C18H19ClN2O5S. The first-order chi connectivity index (χ1) is 12.8. The number of nitro benzene ring substituents is 1. The average Bonchev–Trinajstić information content (AvgIpc) is 3.17. The number of nitro groups is 1. The van der Waals surface area contributed by atoms with Crippen LogP contribution in [0.2, 0.25) is 5.02 Å². The van der Waals surface area contributed by atoms with Crippen LogP contribution in [0, 0.1) is 10.1 Å². The van der Waals surface area contributed by atoms with E-state index in [1.807, 2.05) is 0 Å². The van der Waals surface area contributed by atoms with E-state index in [1.54, 1.807) is 31.2 Å². The SMILES string of the molecule is CC(Oc1ccc(S(=O)(=O)N2CCCC2)cc1[N+](=O)[O-])c1ccccc1Cl. The van der Waals surface area contributed by atoms with Crippen LogP contribution in [0.25, 0.3) is 0 Å². The summed E-state index contributed by atoms with van der Waals surface area (Å²) in [6, 6.07) is 10.8. The first-order valence-electron chi connectivity index (χ1n) is 8.50. The van der Waals surface area contributed by atoms with Crippen molar-refractivity contribution in [1.82, 2.24) is 4.31 Å². The summed E-state index contributed by atoms with van der Waals surface area (Å²) in [5.41, 5.74) is 0.288. The fourth-order valence-electron chi connectivity index (χ4n) is 3.04. The maximum atomic E-state index is 12.7. The Balaban J connectivity index is 1.93. The van der Waals surface area contributed by atoms with Crippen molar-refractivity contribution in [2.45, 2.75) is 30.8 Å². The van der Waals surface area contributed by atoms with E-state index in [2.05, 4.69) is 0 Å². The van der Waals surface area contributed by atoms with Crippen molar-refractivity contribution >= 4 is 27.3 Å². The molecule has 1 fully saturated rings. The zero-order chi connectivity index (χ0) is 19.6. The number of rotatable bonds is 6. The number of nitrogens with zero attached hydrogens (tertiary/aromatic N) is 2. The molecule has 1 unspecified atom stereocenters. The Morgan fingerprint density at radius 1 is 1.19 bits per heavy atom. The summed E-state index contributed by atoms with van der Waals surface area (Å²) in [5.74, 6) is -0.00667. The van der Waals surface area contributed by atoms with Gasteiger partial charge in [0.05, 0.1) is 9.82 Å². The lowest BCUT2D eigenvalue weighted by atomic mass is 10.1. The second-order valence-electron chi connectivity index (χ2n) is 6.28. The summed E-state index contributed by atoms with van der Waals surface area (Å²) < 4.78 is 32.4. The van der Waals surface area contributed by atoms with Gasteiger partial charge in [-0.05, 0) is 38.0 Å². The maximum absolute atomic E-state index is 12.7. The number of ether oxygens (including phenoxy) is 1. The molecule has 1 aliphatic heterocycles. The van der Waals surface area contributed by atoms with Crippen molar-refractivity contribution in [3.8, 4) is 5.75 Å². The number of benzene rings is 2. The van der Waals surface area contributed by atoms with E-state index < -0.39 is 26.7 Å². The van der Waals surface area contributed by atoms with Crippen LogP contribution in [-0.2, 0) is 10.0 Å². The van der Waals surface area contributed by atoms with Gasteiger partial charge < -0.3 is 4.74 Å². The lowest BCUT2D eigenvalue weighted by Gasteiger charge is -2.18. The van der Waals surface area contributed by atoms with Crippen LogP contribution >= 0.6 is 11.6 Å². The quantitative estimate of drug-likeness (QED) is 0.526. The molecule has 0 N–H and O–H groups in total. The molecule has 9 heteroatoms. The highest BCUT2D eigenvalue weighted by atomic mass is 35.5. The van der Waals surface area contributed by atoms with E-state index >= 15 is 0 Å². The highest BCUT2D eigenvalue weighted by molar-refractivity contribution is 7.89. The second kappa shape index (κ2) is 7.84. The predicted molar refractivity (Wildman–Crippen MR) is 102 cm³/mol. The predicted octanol–water partition coefficient (Wildman–Crippen LogP) is 4.17. The van der Waals surface area contributed by atoms with Gasteiger partial charge in [0.1, 0.15) is 6.10 Å². The third kappa shape index (κ3) is 4.07. The molecule has 0 radical (unpaired) electrons. The zero-order valence-electron chi connectivity index (χ0n) is 14.7. The van der Waals surface area contributed by atoms with Crippen molar-refractivity contribution in [3.05, 3.63) is 63.2 Å². The summed E-state index contributed by atoms with van der Waals surface area (Å²) in [4.78, 5) is 10.8. The largest absolute Gasteiger partial charge is 0.479 e. The standard InChI is InChI=1S/C18H19ClN2O5S/c1-13(15-6-2-3-7-16(15)19)26-18-9-8-14(12-17(18)21(22)23)27(24,25)20-10-4-5-11-20/h2-3,6-9,12-13H,4-5,10-11H2,1H3. The van der Waals surface area contributed by atoms with Gasteiger partial charge in [0.2, 0.25) is 10.0 Å². The van der Waals surface area contributed by atoms with Crippen LogP contribution in [0.15, 0.2) is 47.4 Å². The van der Waals surface area contributed by atoms with Gasteiger partial charge >= 0.3 is 5.69 Å². The van der Waals surface area contributed by atoms with Gasteiger partial charge in [-0.15, -0.1) is 0 Å². The summed E-state index contributed by atoms with van der Waals surface area (Å²) in [7, 11) is -3.75. The number of hydrogen-bond donors (Lipinski definition) is 0. The van der Waals surface area contributed by atoms with Gasteiger partial charge in [-0.3, -0.25) is 10.1 Å². The second-order valence-corrected chi connectivity index (χ2v) is 8.62. The first-order valence-corrected chi connectivity index (χ1v) is 10.3. The van der Waals surface area contributed by atoms with Crippen molar-refractivity contribution in [1.29, 1.82) is 0 Å². The third-order valence-corrected chi connectivity index (χ3v) is 6.72. The van der Waals surface area contributed by atoms with E-state index in [9.17, 15) is 18.5 Å². The van der Waals surface area contributed by atoms with E-state index in [1.165, 1.54) is 16.4 Å². The lowest BCUT2D eigenvalue weighted by Crippen LogP contribution is -2.27. The van der Waals surface area contributed by atoms with E-state index in [0.717, 1.165) is 18.9 Å². The zero-order valence-corrected chi connectivity index (χ0v) is 16.2. The van der Waals surface area contributed by atoms with Crippen molar-refractivity contribution < 1.29 is 18.1 Å². The monoisotopic (exact) mass is 410 g/mol. The van der Waals surface area contributed by atoms with Gasteiger partial charge in [0.15, 0.2) is 5.75 Å². The van der Waals surface area contributed by atoms with E-state index in [-0.39, 0.29) is 10.6 Å². The molecule has 7 nitrogen and oxygen atoms in total. The Morgan fingerprint density at radius 3 is 2.48 bits per heavy atom. The summed E-state index contributed by atoms with van der Waals surface area (Å²) in [6.45, 7) is 2.58. The molecule has 1 aliphatic rings. The topological polar surface area (TPSA) is 89.8 Å². The Kier molecular flexibility index (Phi) is 5.69. The summed E-state index contributed by atoms with van der Waals surface area (Å²) in [6.07, 6.45) is 1.04. The Hall–Kier alpha value is -2.16. The van der Waals surface area contributed by atoms with Gasteiger partial charge in [0.25, 0.3) is 0 Å². The van der Waals surface area contributed by atoms with Crippen LogP contribution in [-0.4, -0.2) is 30.7 Å². The molecule has 1 atom stereocenters. The van der Waals surface area contributed by atoms with Crippen LogP contribution in [0.3, 0.4) is 0 Å². The molecule has 27 heavy (non-hydrogen) atoms. The molecule has 0 aliphatic carbocycles. The minimum Gasteiger partial charge on any atom is -0.479 e. The molecule has 0 amide bonds. The number of sulfonamides is 1. The van der Waals surface area contributed by atoms with Crippen molar-refractivity contribution in [2.75, 3.05) is 13.1 Å². The molecule has 2 aromatic rings. The molecular weight excluding hydrogens is 392 g/mol. The van der Waals surface area contributed by atoms with E-state index in [4.69, 9.17) is 16.3 Å². The van der Waals surface area contributed by atoms with Crippen LogP contribution < -0.4 is 4.74 Å². The number of halogens is 1. The van der Waals surface area contributed by atoms with Crippen molar-refractivity contribution in [2.24, 2.45) is 0 Å². The summed E-state index contributed by atoms with van der Waals surface area (Å²) in [5, 5.41) is 12.0. The average molecular weight is 411 g/mol. The molecule has 144 valence electrons. The molecule has 3 rings (SSSR count). The molecule has 1 heterocycles. The molecule has 0 spiro atoms. The smallest absolute Gasteiger partial charge is 0.312 e. The van der Waals surface area contributed by atoms with Gasteiger partial charge in [0, 0.05) is 29.7 Å². The van der Waals surface area contributed by atoms with Gasteiger partial charge in [-0.25, -0.2) is 8.42 Å². The Morgan fingerprint density at radius 2 is 1.85 bits per heavy atom.